The van der Waals surface area contributed by atoms with Crippen LogP contribution in [-0.2, 0) is 9.53 Å². The van der Waals surface area contributed by atoms with Crippen molar-refractivity contribution in [2.75, 3.05) is 51.0 Å². The number of hydrogen-bond donors (Lipinski definition) is 1. The lowest BCUT2D eigenvalue weighted by atomic mass is 10.1. The highest BCUT2D eigenvalue weighted by Crippen LogP contribution is 2.28. The number of nitrogens with one attached hydrogen (secondary N) is 1. The molecular weight excluding hydrogens is 414 g/mol. The van der Waals surface area contributed by atoms with Crippen LogP contribution in [0.3, 0.4) is 0 Å². The smallest absolute Gasteiger partial charge is 0.338 e. The lowest BCUT2D eigenvalue weighted by molar-refractivity contribution is -0.118. The van der Waals surface area contributed by atoms with Crippen LogP contribution in [0, 0.1) is 0 Å². The number of methoxy groups -OCH3 is 1. The highest BCUT2D eigenvalue weighted by molar-refractivity contribution is 8.01. The minimum Gasteiger partial charge on any atom is -0.465 e. The third-order valence-electron chi connectivity index (χ3n) is 4.40. The van der Waals surface area contributed by atoms with Gasteiger partial charge in [0.1, 0.15) is 0 Å². The van der Waals surface area contributed by atoms with E-state index < -0.39 is 5.97 Å². The van der Waals surface area contributed by atoms with Gasteiger partial charge in [0.15, 0.2) is 4.34 Å². The normalized spacial score (nSPS) is 13.9. The van der Waals surface area contributed by atoms with Crippen molar-refractivity contribution in [1.29, 1.82) is 0 Å². The summed E-state index contributed by atoms with van der Waals surface area (Å²) in [6.45, 7) is 2.24. The highest BCUT2D eigenvalue weighted by Gasteiger charge is 2.27. The van der Waals surface area contributed by atoms with Gasteiger partial charge in [-0.1, -0.05) is 35.2 Å². The molecule has 0 bridgehead atoms. The largest absolute Gasteiger partial charge is 0.465 e. The molecule has 2 amide bonds. The molecule has 2 heterocycles. The van der Waals surface area contributed by atoms with E-state index in [1.54, 1.807) is 36.2 Å². The molecule has 1 saturated heterocycles. The Balaban J connectivity index is 1.60. The fraction of sp³-hybridized carbons (Fsp3) is 0.389. The maximum Gasteiger partial charge on any atom is 0.338 e. The molecule has 1 aliphatic heterocycles. The van der Waals surface area contributed by atoms with Gasteiger partial charge in [-0.2, -0.15) is 0 Å². The average Bonchev–Trinajstić information content (AvgIpc) is 3.25. The average molecular weight is 436 g/mol. The first-order valence-corrected chi connectivity index (χ1v) is 10.7. The zero-order valence-corrected chi connectivity index (χ0v) is 17.7. The van der Waals surface area contributed by atoms with Crippen LogP contribution in [0.1, 0.15) is 20.7 Å². The molecule has 1 aromatic heterocycles. The van der Waals surface area contributed by atoms with E-state index in [1.165, 1.54) is 30.2 Å². The van der Waals surface area contributed by atoms with E-state index in [9.17, 15) is 14.4 Å². The van der Waals surface area contributed by atoms with Crippen LogP contribution in [0.5, 0.6) is 0 Å². The van der Waals surface area contributed by atoms with Gasteiger partial charge in [-0.05, 0) is 12.1 Å². The summed E-state index contributed by atoms with van der Waals surface area (Å²) in [5.41, 5.74) is 0.612. The monoisotopic (exact) mass is 435 g/mol. The zero-order valence-electron chi connectivity index (χ0n) is 16.1. The molecule has 3 rings (SSSR count). The number of piperazine rings is 1. The van der Waals surface area contributed by atoms with Crippen LogP contribution in [0.2, 0.25) is 0 Å². The Kier molecular flexibility index (Phi) is 7.04. The van der Waals surface area contributed by atoms with E-state index in [0.29, 0.717) is 37.5 Å². The van der Waals surface area contributed by atoms with E-state index in [4.69, 9.17) is 4.74 Å². The second kappa shape index (κ2) is 9.70. The van der Waals surface area contributed by atoms with Gasteiger partial charge >= 0.3 is 5.97 Å². The quantitative estimate of drug-likeness (QED) is 0.532. The molecule has 1 fully saturated rings. The van der Waals surface area contributed by atoms with Crippen molar-refractivity contribution in [2.24, 2.45) is 0 Å². The van der Waals surface area contributed by atoms with Crippen LogP contribution in [0.4, 0.5) is 5.13 Å². The van der Waals surface area contributed by atoms with Crippen LogP contribution in [0.15, 0.2) is 28.6 Å². The summed E-state index contributed by atoms with van der Waals surface area (Å²) < 4.78 is 5.51. The summed E-state index contributed by atoms with van der Waals surface area (Å²) >= 11 is 2.77. The van der Waals surface area contributed by atoms with E-state index in [0.717, 1.165) is 9.47 Å². The van der Waals surface area contributed by atoms with Crippen LogP contribution in [0.25, 0.3) is 0 Å². The molecule has 154 valence electrons. The number of nitrogens with zero attached hydrogens (tertiary/aromatic N) is 4. The Morgan fingerprint density at radius 1 is 1.14 bits per heavy atom. The zero-order chi connectivity index (χ0) is 20.8. The third-order valence-corrected chi connectivity index (χ3v) is 6.52. The SMILES string of the molecule is CNC(=O)CSc1nnc(N2CCN(C(=O)c3ccccc3C(=O)OC)CC2)s1. The van der Waals surface area contributed by atoms with Gasteiger partial charge in [0.25, 0.3) is 5.91 Å². The van der Waals surface area contributed by atoms with Crippen LogP contribution < -0.4 is 10.2 Å². The second-order valence-corrected chi connectivity index (χ2v) is 8.31. The van der Waals surface area contributed by atoms with Gasteiger partial charge in [0.2, 0.25) is 11.0 Å². The van der Waals surface area contributed by atoms with E-state index in [-0.39, 0.29) is 17.4 Å². The standard InChI is InChI=1S/C18H21N5O4S2/c1-19-14(24)11-28-18-21-20-17(29-18)23-9-7-22(8-10-23)15(25)12-5-3-4-6-13(12)16(26)27-2/h3-6H,7-11H2,1-2H3,(H,19,24). The summed E-state index contributed by atoms with van der Waals surface area (Å²) in [7, 11) is 2.89. The van der Waals surface area contributed by atoms with Crippen molar-refractivity contribution in [3.63, 3.8) is 0 Å². The lowest BCUT2D eigenvalue weighted by Gasteiger charge is -2.34. The van der Waals surface area contributed by atoms with Crippen molar-refractivity contribution in [2.45, 2.75) is 4.34 Å². The fourth-order valence-electron chi connectivity index (χ4n) is 2.82. The predicted molar refractivity (Wildman–Crippen MR) is 111 cm³/mol. The number of amides is 2. The first-order valence-electron chi connectivity index (χ1n) is 8.92. The van der Waals surface area contributed by atoms with Crippen LogP contribution >= 0.6 is 23.1 Å². The molecule has 0 atom stereocenters. The lowest BCUT2D eigenvalue weighted by Crippen LogP contribution is -2.49. The Bertz CT molecular complexity index is 896. The first-order chi connectivity index (χ1) is 14.0. The number of aromatic nitrogens is 2. The van der Waals surface area contributed by atoms with Gasteiger partial charge in [0, 0.05) is 33.2 Å². The summed E-state index contributed by atoms with van der Waals surface area (Å²) in [6, 6.07) is 6.67. The maximum atomic E-state index is 12.9. The van der Waals surface area contributed by atoms with Gasteiger partial charge in [-0.25, -0.2) is 4.79 Å². The van der Waals surface area contributed by atoms with Crippen molar-refractivity contribution >= 4 is 46.0 Å². The molecule has 29 heavy (non-hydrogen) atoms. The number of carbonyl (C=O) groups is 3. The molecule has 0 radical (unpaired) electrons. The fourth-order valence-corrected chi connectivity index (χ4v) is 4.58. The number of thioether (sulfide) groups is 1. The third kappa shape index (κ3) is 5.04. The number of benzene rings is 1. The maximum absolute atomic E-state index is 12.9. The summed E-state index contributed by atoms with van der Waals surface area (Å²) in [6.07, 6.45) is 0. The molecule has 2 aromatic rings. The minimum atomic E-state index is -0.525. The molecule has 9 nitrogen and oxygen atoms in total. The van der Waals surface area contributed by atoms with Crippen LogP contribution in [-0.4, -0.2) is 79.0 Å². The Hall–Kier alpha value is -2.66. The topological polar surface area (TPSA) is 105 Å². The molecule has 0 saturated carbocycles. The molecule has 0 spiro atoms. The Morgan fingerprint density at radius 2 is 1.83 bits per heavy atom. The van der Waals surface area contributed by atoms with Gasteiger partial charge in [0.05, 0.1) is 24.0 Å². The van der Waals surface area contributed by atoms with Crippen molar-refractivity contribution < 1.29 is 19.1 Å². The molecular formula is C18H21N5O4S2. The van der Waals surface area contributed by atoms with Crippen molar-refractivity contribution in [3.05, 3.63) is 35.4 Å². The number of esters is 1. The summed E-state index contributed by atoms with van der Waals surface area (Å²) in [4.78, 5) is 40.0. The summed E-state index contributed by atoms with van der Waals surface area (Å²) in [5.74, 6) is -0.480. The predicted octanol–water partition coefficient (Wildman–Crippen LogP) is 1.13. The number of ether oxygens (including phenoxy) is 1. The van der Waals surface area contributed by atoms with E-state index >= 15 is 0 Å². The van der Waals surface area contributed by atoms with Gasteiger partial charge in [-0.3, -0.25) is 9.59 Å². The first kappa shape index (κ1) is 21.1. The van der Waals surface area contributed by atoms with Gasteiger partial charge in [-0.15, -0.1) is 10.2 Å². The van der Waals surface area contributed by atoms with E-state index in [2.05, 4.69) is 20.4 Å². The number of carbonyl (C=O) groups excluding carboxylic acids is 3. The molecule has 1 aliphatic rings. The van der Waals surface area contributed by atoms with Crippen molar-refractivity contribution in [3.8, 4) is 0 Å². The molecule has 0 aliphatic carbocycles. The minimum absolute atomic E-state index is 0.0638. The number of anilines is 1. The number of hydrogen-bond acceptors (Lipinski definition) is 9. The molecule has 1 aromatic carbocycles. The highest BCUT2D eigenvalue weighted by atomic mass is 32.2. The molecule has 0 unspecified atom stereocenters. The van der Waals surface area contributed by atoms with Gasteiger partial charge < -0.3 is 19.9 Å². The molecule has 1 N–H and O–H groups in total. The number of rotatable bonds is 6. The summed E-state index contributed by atoms with van der Waals surface area (Å²) in [5, 5.41) is 11.7. The molecule has 11 heteroatoms. The van der Waals surface area contributed by atoms with Crippen molar-refractivity contribution in [1.82, 2.24) is 20.4 Å². The second-order valence-electron chi connectivity index (χ2n) is 6.13. The Labute approximate surface area is 176 Å². The Morgan fingerprint density at radius 3 is 2.48 bits per heavy atom. The van der Waals surface area contributed by atoms with E-state index in [1.807, 2.05) is 0 Å².